The zero-order chi connectivity index (χ0) is 23.0. The molecule has 2 aromatic rings. The lowest BCUT2D eigenvalue weighted by molar-refractivity contribution is -0.133. The molecule has 33 heavy (non-hydrogen) atoms. The van der Waals surface area contributed by atoms with Crippen LogP contribution in [0.15, 0.2) is 29.4 Å². The van der Waals surface area contributed by atoms with Crippen molar-refractivity contribution in [2.45, 2.75) is 57.5 Å². The number of aryl methyl sites for hydroxylation is 1. The maximum Gasteiger partial charge on any atom is 0.271 e. The SMILES string of the molecule is O=C(Nc1ccc(-c2nnc3n2CCCCC3)cc1)C1=NN([C@H]2CCS(=O)(=O)C2)C(=O)CC1. The quantitative estimate of drug-likeness (QED) is 0.726. The van der Waals surface area contributed by atoms with Gasteiger partial charge in [0.2, 0.25) is 5.91 Å². The van der Waals surface area contributed by atoms with E-state index in [-0.39, 0.29) is 36.0 Å². The Morgan fingerprint density at radius 1 is 1.03 bits per heavy atom. The van der Waals surface area contributed by atoms with Crippen molar-refractivity contribution in [2.24, 2.45) is 5.10 Å². The average molecular weight is 471 g/mol. The standard InChI is InChI=1S/C22H26N6O4S/c29-20-10-9-18(26-28(20)17-11-13-33(31,32)14-17)22(30)23-16-7-5-15(6-8-16)21-25-24-19-4-2-1-3-12-27(19)21/h5-8,17H,1-4,9-14H2,(H,23,30)/t17-/m0/s1. The first kappa shape index (κ1) is 21.7. The molecule has 1 N–H and O–H groups in total. The lowest BCUT2D eigenvalue weighted by atomic mass is 10.1. The van der Waals surface area contributed by atoms with Crippen molar-refractivity contribution in [3.63, 3.8) is 0 Å². The number of aromatic nitrogens is 3. The first-order chi connectivity index (χ1) is 15.9. The number of nitrogens with one attached hydrogen (secondary N) is 1. The molecular weight excluding hydrogens is 444 g/mol. The molecule has 0 bridgehead atoms. The van der Waals surface area contributed by atoms with Crippen LogP contribution in [0, 0.1) is 0 Å². The molecule has 1 atom stereocenters. The number of fused-ring (bicyclic) bond motifs is 1. The van der Waals surface area contributed by atoms with Crippen molar-refractivity contribution in [2.75, 3.05) is 16.8 Å². The van der Waals surface area contributed by atoms with Gasteiger partial charge in [-0.15, -0.1) is 10.2 Å². The fourth-order valence-electron chi connectivity index (χ4n) is 4.59. The molecule has 0 radical (unpaired) electrons. The minimum atomic E-state index is -3.16. The van der Waals surface area contributed by atoms with Gasteiger partial charge in [-0.2, -0.15) is 5.10 Å². The van der Waals surface area contributed by atoms with Crippen molar-refractivity contribution < 1.29 is 18.0 Å². The Hall–Kier alpha value is -3.08. The second kappa shape index (κ2) is 8.69. The van der Waals surface area contributed by atoms with Crippen LogP contribution < -0.4 is 5.32 Å². The lowest BCUT2D eigenvalue weighted by Gasteiger charge is -2.27. The van der Waals surface area contributed by atoms with E-state index >= 15 is 0 Å². The number of benzene rings is 1. The van der Waals surface area contributed by atoms with E-state index in [1.807, 2.05) is 12.1 Å². The van der Waals surface area contributed by atoms with E-state index in [2.05, 4.69) is 25.2 Å². The van der Waals surface area contributed by atoms with E-state index in [1.54, 1.807) is 12.1 Å². The molecule has 4 heterocycles. The number of hydrogen-bond acceptors (Lipinski definition) is 7. The van der Waals surface area contributed by atoms with Crippen LogP contribution in [0.4, 0.5) is 5.69 Å². The summed E-state index contributed by atoms with van der Waals surface area (Å²) in [4.78, 5) is 25.1. The zero-order valence-corrected chi connectivity index (χ0v) is 19.1. The van der Waals surface area contributed by atoms with E-state index in [9.17, 15) is 18.0 Å². The van der Waals surface area contributed by atoms with E-state index in [4.69, 9.17) is 0 Å². The highest BCUT2D eigenvalue weighted by Gasteiger charge is 2.37. The molecule has 10 nitrogen and oxygen atoms in total. The van der Waals surface area contributed by atoms with Crippen molar-refractivity contribution in [3.05, 3.63) is 30.1 Å². The molecule has 2 amide bonds. The Kier molecular flexibility index (Phi) is 5.73. The third kappa shape index (κ3) is 4.54. The number of hydrogen-bond donors (Lipinski definition) is 1. The van der Waals surface area contributed by atoms with Crippen LogP contribution in [0.5, 0.6) is 0 Å². The molecule has 0 aliphatic carbocycles. The predicted molar refractivity (Wildman–Crippen MR) is 122 cm³/mol. The number of rotatable bonds is 4. The third-order valence-electron chi connectivity index (χ3n) is 6.39. The molecule has 1 fully saturated rings. The monoisotopic (exact) mass is 470 g/mol. The molecule has 1 aromatic heterocycles. The van der Waals surface area contributed by atoms with Gasteiger partial charge >= 0.3 is 0 Å². The van der Waals surface area contributed by atoms with Gasteiger partial charge < -0.3 is 9.88 Å². The van der Waals surface area contributed by atoms with Crippen LogP contribution in [0.2, 0.25) is 0 Å². The van der Waals surface area contributed by atoms with Crippen LogP contribution in [-0.4, -0.2) is 63.3 Å². The van der Waals surface area contributed by atoms with Crippen molar-refractivity contribution in [1.29, 1.82) is 0 Å². The summed E-state index contributed by atoms with van der Waals surface area (Å²) in [7, 11) is -3.16. The highest BCUT2D eigenvalue weighted by atomic mass is 32.2. The number of anilines is 1. The number of carbonyl (C=O) groups excluding carboxylic acids is 2. The topological polar surface area (TPSA) is 127 Å². The van der Waals surface area contributed by atoms with E-state index in [1.165, 1.54) is 11.4 Å². The van der Waals surface area contributed by atoms with Crippen LogP contribution in [0.1, 0.15) is 44.3 Å². The van der Waals surface area contributed by atoms with E-state index in [0.717, 1.165) is 43.0 Å². The van der Waals surface area contributed by atoms with Crippen molar-refractivity contribution >= 4 is 33.1 Å². The molecule has 1 saturated heterocycles. The number of carbonyl (C=O) groups is 2. The van der Waals surface area contributed by atoms with Crippen LogP contribution >= 0.6 is 0 Å². The van der Waals surface area contributed by atoms with Crippen molar-refractivity contribution in [3.8, 4) is 11.4 Å². The van der Waals surface area contributed by atoms with Gasteiger partial charge in [-0.1, -0.05) is 6.42 Å². The van der Waals surface area contributed by atoms with Gasteiger partial charge in [0, 0.05) is 37.1 Å². The van der Waals surface area contributed by atoms with Gasteiger partial charge in [-0.25, -0.2) is 13.4 Å². The molecule has 174 valence electrons. The van der Waals surface area contributed by atoms with Crippen LogP contribution in [0.25, 0.3) is 11.4 Å². The Bertz CT molecular complexity index is 1220. The largest absolute Gasteiger partial charge is 0.321 e. The highest BCUT2D eigenvalue weighted by Crippen LogP contribution is 2.25. The van der Waals surface area contributed by atoms with Gasteiger partial charge in [0.15, 0.2) is 15.7 Å². The minimum Gasteiger partial charge on any atom is -0.321 e. The fraction of sp³-hybridized carbons (Fsp3) is 0.500. The normalized spacial score (nSPS) is 22.4. The Morgan fingerprint density at radius 3 is 2.61 bits per heavy atom. The number of amides is 2. The Labute approximate surface area is 192 Å². The summed E-state index contributed by atoms with van der Waals surface area (Å²) in [5.74, 6) is 1.15. The van der Waals surface area contributed by atoms with E-state index < -0.39 is 21.8 Å². The molecule has 3 aliphatic heterocycles. The van der Waals surface area contributed by atoms with Gasteiger partial charge in [0.1, 0.15) is 11.5 Å². The summed E-state index contributed by atoms with van der Waals surface area (Å²) < 4.78 is 25.7. The lowest BCUT2D eigenvalue weighted by Crippen LogP contribution is -2.42. The molecule has 0 saturated carbocycles. The molecule has 0 unspecified atom stereocenters. The average Bonchev–Trinajstić information content (AvgIpc) is 3.28. The number of nitrogens with zero attached hydrogens (tertiary/aromatic N) is 5. The van der Waals surface area contributed by atoms with E-state index in [0.29, 0.717) is 12.1 Å². The predicted octanol–water partition coefficient (Wildman–Crippen LogP) is 1.78. The molecule has 3 aliphatic rings. The molecule has 11 heteroatoms. The molecule has 1 aromatic carbocycles. The fourth-order valence-corrected chi connectivity index (χ4v) is 6.28. The second-order valence-corrected chi connectivity index (χ2v) is 11.0. The molecular formula is C22H26N6O4S. The highest BCUT2D eigenvalue weighted by molar-refractivity contribution is 7.91. The van der Waals surface area contributed by atoms with Crippen LogP contribution in [0.3, 0.4) is 0 Å². The van der Waals surface area contributed by atoms with Gasteiger partial charge in [0.25, 0.3) is 5.91 Å². The zero-order valence-electron chi connectivity index (χ0n) is 18.2. The molecule has 0 spiro atoms. The summed E-state index contributed by atoms with van der Waals surface area (Å²) in [6.07, 6.45) is 5.09. The Balaban J connectivity index is 1.29. The van der Waals surface area contributed by atoms with Gasteiger partial charge in [-0.05, 0) is 43.5 Å². The van der Waals surface area contributed by atoms with Crippen LogP contribution in [-0.2, 0) is 32.4 Å². The summed E-state index contributed by atoms with van der Waals surface area (Å²) in [5.41, 5.74) is 1.77. The maximum atomic E-state index is 12.8. The first-order valence-electron chi connectivity index (χ1n) is 11.3. The summed E-state index contributed by atoms with van der Waals surface area (Å²) in [6.45, 7) is 0.910. The summed E-state index contributed by atoms with van der Waals surface area (Å²) in [5, 5.41) is 17.0. The maximum absolute atomic E-state index is 12.8. The second-order valence-electron chi connectivity index (χ2n) is 8.78. The van der Waals surface area contributed by atoms with Crippen molar-refractivity contribution in [1.82, 2.24) is 19.8 Å². The number of hydrazone groups is 1. The summed E-state index contributed by atoms with van der Waals surface area (Å²) in [6, 6.07) is 6.92. The number of sulfone groups is 1. The first-order valence-corrected chi connectivity index (χ1v) is 13.2. The minimum absolute atomic E-state index is 0.0418. The van der Waals surface area contributed by atoms with Gasteiger partial charge in [0.05, 0.1) is 17.5 Å². The van der Waals surface area contributed by atoms with Gasteiger partial charge in [-0.3, -0.25) is 9.59 Å². The Morgan fingerprint density at radius 2 is 1.85 bits per heavy atom. The summed E-state index contributed by atoms with van der Waals surface area (Å²) >= 11 is 0. The molecule has 5 rings (SSSR count). The smallest absolute Gasteiger partial charge is 0.271 e. The third-order valence-corrected chi connectivity index (χ3v) is 8.14.